The molecule has 7 heteroatoms. The Bertz CT molecular complexity index is 909. The second-order valence-corrected chi connectivity index (χ2v) is 6.86. The third-order valence-corrected chi connectivity index (χ3v) is 4.78. The zero-order chi connectivity index (χ0) is 19.1. The molecule has 5 nitrogen and oxygen atoms in total. The number of amides is 1. The molecule has 27 heavy (non-hydrogen) atoms. The van der Waals surface area contributed by atoms with Gasteiger partial charge >= 0.3 is 0 Å². The number of carbonyl (C=O) groups is 2. The summed E-state index contributed by atoms with van der Waals surface area (Å²) >= 11 is 1.16. The minimum atomic E-state index is -0.573. The van der Waals surface area contributed by atoms with Crippen molar-refractivity contribution in [2.45, 2.75) is 11.7 Å². The summed E-state index contributed by atoms with van der Waals surface area (Å²) in [6, 6.07) is 15.0. The summed E-state index contributed by atoms with van der Waals surface area (Å²) in [4.78, 5) is 24.2. The summed E-state index contributed by atoms with van der Waals surface area (Å²) in [5.41, 5.74) is 1.42. The van der Waals surface area contributed by atoms with Crippen LogP contribution in [0.5, 0.6) is 0 Å². The SMILES string of the molecule is O=C(C[C@H]1S\C(=N/N=C\C=C\c2ccccc2)NC1=O)c1ccc(F)cc1. The van der Waals surface area contributed by atoms with E-state index >= 15 is 0 Å². The molecule has 3 rings (SSSR count). The predicted molar refractivity (Wildman–Crippen MR) is 106 cm³/mol. The average Bonchev–Trinajstić information content (AvgIpc) is 3.02. The lowest BCUT2D eigenvalue weighted by Gasteiger charge is -2.04. The quantitative estimate of drug-likeness (QED) is 0.471. The van der Waals surface area contributed by atoms with E-state index in [1.807, 2.05) is 36.4 Å². The maximum atomic E-state index is 12.9. The van der Waals surface area contributed by atoms with Gasteiger partial charge in [-0.2, -0.15) is 5.10 Å². The number of allylic oxidation sites excluding steroid dienone is 1. The highest BCUT2D eigenvalue weighted by atomic mass is 32.2. The van der Waals surface area contributed by atoms with Gasteiger partial charge in [0.05, 0.1) is 5.25 Å². The maximum Gasteiger partial charge on any atom is 0.240 e. The van der Waals surface area contributed by atoms with Crippen LogP contribution in [0, 0.1) is 5.82 Å². The molecular formula is C20H16FN3O2S. The van der Waals surface area contributed by atoms with Gasteiger partial charge in [0.2, 0.25) is 5.91 Å². The molecule has 0 radical (unpaired) electrons. The number of rotatable bonds is 6. The van der Waals surface area contributed by atoms with Crippen LogP contribution >= 0.6 is 11.8 Å². The zero-order valence-corrected chi connectivity index (χ0v) is 15.0. The molecule has 0 unspecified atom stereocenters. The van der Waals surface area contributed by atoms with Crippen LogP contribution in [0.3, 0.4) is 0 Å². The predicted octanol–water partition coefficient (Wildman–Crippen LogP) is 3.69. The van der Waals surface area contributed by atoms with Crippen LogP contribution in [-0.2, 0) is 4.79 Å². The van der Waals surface area contributed by atoms with E-state index in [9.17, 15) is 14.0 Å². The molecule has 0 aliphatic carbocycles. The van der Waals surface area contributed by atoms with E-state index in [1.54, 1.807) is 6.08 Å². The monoisotopic (exact) mass is 381 g/mol. The number of nitrogens with zero attached hydrogens (tertiary/aromatic N) is 2. The van der Waals surface area contributed by atoms with Crippen molar-refractivity contribution in [2.75, 3.05) is 0 Å². The second kappa shape index (κ2) is 9.05. The molecule has 136 valence electrons. The van der Waals surface area contributed by atoms with E-state index in [4.69, 9.17) is 0 Å². The lowest BCUT2D eigenvalue weighted by atomic mass is 10.1. The highest BCUT2D eigenvalue weighted by Crippen LogP contribution is 2.24. The summed E-state index contributed by atoms with van der Waals surface area (Å²) in [5, 5.41) is 10.2. The number of amidine groups is 1. The van der Waals surface area contributed by atoms with Crippen molar-refractivity contribution in [1.82, 2.24) is 5.32 Å². The van der Waals surface area contributed by atoms with Gasteiger partial charge in [-0.25, -0.2) is 4.39 Å². The topological polar surface area (TPSA) is 70.9 Å². The number of thioether (sulfide) groups is 1. The van der Waals surface area contributed by atoms with Crippen molar-refractivity contribution in [3.63, 3.8) is 0 Å². The van der Waals surface area contributed by atoms with Crippen molar-refractivity contribution in [3.8, 4) is 0 Å². The molecule has 0 saturated carbocycles. The minimum Gasteiger partial charge on any atom is -0.303 e. The number of Topliss-reactive ketones (excluding diaryl/α,β-unsaturated/α-hetero) is 1. The molecule has 1 heterocycles. The molecule has 1 saturated heterocycles. The van der Waals surface area contributed by atoms with Crippen LogP contribution in [0.2, 0.25) is 0 Å². The smallest absolute Gasteiger partial charge is 0.240 e. The Morgan fingerprint density at radius 2 is 1.89 bits per heavy atom. The van der Waals surface area contributed by atoms with E-state index in [1.165, 1.54) is 30.5 Å². The number of ketones is 1. The molecule has 1 amide bonds. The molecule has 1 atom stereocenters. The lowest BCUT2D eigenvalue weighted by molar-refractivity contribution is -0.118. The molecule has 1 N–H and O–H groups in total. The normalized spacial score (nSPS) is 18.5. The minimum absolute atomic E-state index is 0.0127. The van der Waals surface area contributed by atoms with Crippen LogP contribution < -0.4 is 5.32 Å². The fourth-order valence-electron chi connectivity index (χ4n) is 2.35. The summed E-state index contributed by atoms with van der Waals surface area (Å²) in [7, 11) is 0. The number of hydrogen-bond acceptors (Lipinski definition) is 5. The third-order valence-electron chi connectivity index (χ3n) is 3.70. The van der Waals surface area contributed by atoms with Crippen molar-refractivity contribution in [2.24, 2.45) is 10.2 Å². The van der Waals surface area contributed by atoms with Gasteiger partial charge in [-0.15, -0.1) is 5.10 Å². The van der Waals surface area contributed by atoms with E-state index in [0.29, 0.717) is 10.7 Å². The van der Waals surface area contributed by atoms with Gasteiger partial charge in [-0.05, 0) is 35.9 Å². The maximum absolute atomic E-state index is 12.9. The van der Waals surface area contributed by atoms with Crippen LogP contribution in [0.1, 0.15) is 22.3 Å². The Morgan fingerprint density at radius 1 is 1.15 bits per heavy atom. The van der Waals surface area contributed by atoms with Crippen molar-refractivity contribution in [3.05, 3.63) is 77.6 Å². The first kappa shape index (κ1) is 18.7. The van der Waals surface area contributed by atoms with Crippen LogP contribution in [0.15, 0.2) is 70.9 Å². The van der Waals surface area contributed by atoms with Gasteiger partial charge in [0, 0.05) is 18.2 Å². The van der Waals surface area contributed by atoms with Gasteiger partial charge in [-0.3, -0.25) is 9.59 Å². The zero-order valence-electron chi connectivity index (χ0n) is 14.2. The first-order valence-electron chi connectivity index (χ1n) is 8.21. The Morgan fingerprint density at radius 3 is 2.63 bits per heavy atom. The van der Waals surface area contributed by atoms with Crippen LogP contribution in [0.25, 0.3) is 6.08 Å². The number of nitrogens with one attached hydrogen (secondary N) is 1. The molecule has 0 bridgehead atoms. The summed E-state index contributed by atoms with van der Waals surface area (Å²) in [6.45, 7) is 0. The first-order chi connectivity index (χ1) is 13.1. The fraction of sp³-hybridized carbons (Fsp3) is 0.100. The lowest BCUT2D eigenvalue weighted by Crippen LogP contribution is -2.26. The Balaban J connectivity index is 1.54. The molecule has 1 aliphatic rings. The number of hydrogen-bond donors (Lipinski definition) is 1. The summed E-state index contributed by atoms with van der Waals surface area (Å²) in [6.07, 6.45) is 5.16. The molecule has 0 spiro atoms. The van der Waals surface area contributed by atoms with Crippen LogP contribution in [0.4, 0.5) is 4.39 Å². The summed E-state index contributed by atoms with van der Waals surface area (Å²) in [5.74, 6) is -0.921. The Kier molecular flexibility index (Phi) is 6.27. The molecule has 2 aromatic carbocycles. The van der Waals surface area contributed by atoms with Gasteiger partial charge in [-0.1, -0.05) is 48.2 Å². The largest absolute Gasteiger partial charge is 0.303 e. The van der Waals surface area contributed by atoms with Gasteiger partial charge < -0.3 is 5.32 Å². The van der Waals surface area contributed by atoms with Crippen molar-refractivity contribution in [1.29, 1.82) is 0 Å². The molecule has 1 aliphatic heterocycles. The van der Waals surface area contributed by atoms with Gasteiger partial charge in [0.25, 0.3) is 0 Å². The van der Waals surface area contributed by atoms with E-state index in [2.05, 4.69) is 15.5 Å². The average molecular weight is 381 g/mol. The van der Waals surface area contributed by atoms with Crippen molar-refractivity contribution >= 4 is 40.9 Å². The number of halogens is 1. The van der Waals surface area contributed by atoms with Crippen LogP contribution in [-0.4, -0.2) is 28.3 Å². The highest BCUT2D eigenvalue weighted by molar-refractivity contribution is 8.15. The Labute approximate surface area is 160 Å². The second-order valence-electron chi connectivity index (χ2n) is 5.67. The molecule has 1 fully saturated rings. The number of benzene rings is 2. The highest BCUT2D eigenvalue weighted by Gasteiger charge is 2.32. The van der Waals surface area contributed by atoms with E-state index in [-0.39, 0.29) is 18.1 Å². The molecular weight excluding hydrogens is 365 g/mol. The van der Waals surface area contributed by atoms with E-state index in [0.717, 1.165) is 17.3 Å². The third kappa shape index (κ3) is 5.46. The first-order valence-corrected chi connectivity index (χ1v) is 9.09. The fourth-order valence-corrected chi connectivity index (χ4v) is 3.28. The number of carbonyl (C=O) groups excluding carboxylic acids is 2. The molecule has 2 aromatic rings. The molecule has 0 aromatic heterocycles. The van der Waals surface area contributed by atoms with Gasteiger partial charge in [0.15, 0.2) is 11.0 Å². The standard InChI is InChI=1S/C20H16FN3O2S/c21-16-10-8-15(9-11-16)17(25)13-18-19(26)23-20(27-18)24-22-12-4-7-14-5-2-1-3-6-14/h1-12,18H,13H2,(H,23,24,26)/b7-4+,22-12-/t18-/m1/s1. The Hall–Kier alpha value is -3.06. The van der Waals surface area contributed by atoms with Gasteiger partial charge in [0.1, 0.15) is 5.82 Å². The van der Waals surface area contributed by atoms with Crippen molar-refractivity contribution < 1.29 is 14.0 Å². The summed E-state index contributed by atoms with van der Waals surface area (Å²) < 4.78 is 12.9. The van der Waals surface area contributed by atoms with E-state index < -0.39 is 11.1 Å².